The number of amides is 2. The number of aromatic nitrogens is 4. The lowest BCUT2D eigenvalue weighted by molar-refractivity contribution is 0.204. The van der Waals surface area contributed by atoms with Crippen LogP contribution in [0.1, 0.15) is 36.1 Å². The minimum Gasteiger partial charge on any atom is -0.361 e. The summed E-state index contributed by atoms with van der Waals surface area (Å²) in [7, 11) is 0. The molecular formula is C23H23ClN6O. The Labute approximate surface area is 185 Å². The Kier molecular flexibility index (Phi) is 5.11. The Morgan fingerprint density at radius 3 is 2.87 bits per heavy atom. The van der Waals surface area contributed by atoms with Gasteiger partial charge in [0.25, 0.3) is 0 Å². The Balaban J connectivity index is 1.37. The standard InChI is InChI=1S/C23H23ClN6O/c1-15-27-28-22(30(15)14-16-4-6-18(24)7-5-16)21-3-2-12-29(21)23(31)26-19-8-9-20-17(13-19)10-11-25-20/h4-11,13,21,25H,2-3,12,14H2,1H3,(H,26,31). The zero-order valence-corrected chi connectivity index (χ0v) is 17.9. The first-order valence-corrected chi connectivity index (χ1v) is 10.8. The van der Waals surface area contributed by atoms with Crippen LogP contribution in [0.25, 0.3) is 10.9 Å². The number of fused-ring (bicyclic) bond motifs is 1. The molecule has 1 saturated heterocycles. The van der Waals surface area contributed by atoms with Gasteiger partial charge in [0.05, 0.1) is 12.6 Å². The zero-order valence-electron chi connectivity index (χ0n) is 17.2. The molecule has 4 aromatic rings. The molecule has 0 bridgehead atoms. The van der Waals surface area contributed by atoms with Crippen molar-refractivity contribution >= 4 is 34.2 Å². The van der Waals surface area contributed by atoms with Crippen molar-refractivity contribution in [2.45, 2.75) is 32.4 Å². The molecule has 0 saturated carbocycles. The number of urea groups is 1. The number of aryl methyl sites for hydroxylation is 1. The topological polar surface area (TPSA) is 78.8 Å². The fourth-order valence-corrected chi connectivity index (χ4v) is 4.34. The highest BCUT2D eigenvalue weighted by atomic mass is 35.5. The van der Waals surface area contributed by atoms with Gasteiger partial charge in [-0.1, -0.05) is 23.7 Å². The Morgan fingerprint density at radius 1 is 1.19 bits per heavy atom. The number of H-pyrrole nitrogens is 1. The lowest BCUT2D eigenvalue weighted by atomic mass is 10.2. The maximum Gasteiger partial charge on any atom is 0.322 e. The molecule has 0 aliphatic carbocycles. The van der Waals surface area contributed by atoms with E-state index >= 15 is 0 Å². The molecule has 2 amide bonds. The van der Waals surface area contributed by atoms with Crippen molar-refractivity contribution in [3.05, 3.63) is 77.0 Å². The molecule has 158 valence electrons. The monoisotopic (exact) mass is 434 g/mol. The van der Waals surface area contributed by atoms with Crippen LogP contribution in [0.15, 0.2) is 54.7 Å². The Bertz CT molecular complexity index is 1230. The van der Waals surface area contributed by atoms with Crippen molar-refractivity contribution < 1.29 is 4.79 Å². The molecule has 2 aromatic heterocycles. The lowest BCUT2D eigenvalue weighted by Crippen LogP contribution is -2.35. The highest BCUT2D eigenvalue weighted by Crippen LogP contribution is 2.32. The molecule has 2 N–H and O–H groups in total. The van der Waals surface area contributed by atoms with Crippen LogP contribution in [0, 0.1) is 6.92 Å². The van der Waals surface area contributed by atoms with Crippen LogP contribution in [-0.4, -0.2) is 37.2 Å². The summed E-state index contributed by atoms with van der Waals surface area (Å²) in [4.78, 5) is 18.2. The second kappa shape index (κ2) is 8.07. The average molecular weight is 435 g/mol. The normalized spacial score (nSPS) is 16.2. The summed E-state index contributed by atoms with van der Waals surface area (Å²) in [6.45, 7) is 3.27. The van der Waals surface area contributed by atoms with E-state index in [4.69, 9.17) is 11.6 Å². The predicted molar refractivity (Wildman–Crippen MR) is 121 cm³/mol. The summed E-state index contributed by atoms with van der Waals surface area (Å²) in [5, 5.41) is 13.6. The smallest absolute Gasteiger partial charge is 0.322 e. The number of halogens is 1. The van der Waals surface area contributed by atoms with Crippen molar-refractivity contribution in [3.63, 3.8) is 0 Å². The van der Waals surface area contributed by atoms with Crippen LogP contribution < -0.4 is 5.32 Å². The van der Waals surface area contributed by atoms with Gasteiger partial charge in [0.15, 0.2) is 5.82 Å². The van der Waals surface area contributed by atoms with Gasteiger partial charge in [-0.05, 0) is 61.7 Å². The number of anilines is 1. The second-order valence-electron chi connectivity index (χ2n) is 7.88. The quantitative estimate of drug-likeness (QED) is 0.466. The summed E-state index contributed by atoms with van der Waals surface area (Å²) in [6.07, 6.45) is 3.69. The van der Waals surface area contributed by atoms with Gasteiger partial charge in [-0.3, -0.25) is 0 Å². The van der Waals surface area contributed by atoms with E-state index in [1.54, 1.807) is 0 Å². The van der Waals surface area contributed by atoms with E-state index in [2.05, 4.69) is 25.1 Å². The molecule has 0 spiro atoms. The third kappa shape index (κ3) is 3.88. The third-order valence-corrected chi connectivity index (χ3v) is 6.09. The molecule has 1 fully saturated rings. The minimum absolute atomic E-state index is 0.107. The van der Waals surface area contributed by atoms with Crippen molar-refractivity contribution in [1.82, 2.24) is 24.6 Å². The van der Waals surface area contributed by atoms with Gasteiger partial charge >= 0.3 is 6.03 Å². The van der Waals surface area contributed by atoms with Gasteiger partial charge in [0.1, 0.15) is 5.82 Å². The molecule has 2 aromatic carbocycles. The molecule has 1 aliphatic rings. The first-order valence-electron chi connectivity index (χ1n) is 10.4. The van der Waals surface area contributed by atoms with E-state index in [-0.39, 0.29) is 12.1 Å². The fraction of sp³-hybridized carbons (Fsp3) is 0.261. The molecule has 7 nitrogen and oxygen atoms in total. The Hall–Kier alpha value is -3.32. The van der Waals surface area contributed by atoms with Crippen LogP contribution in [-0.2, 0) is 6.54 Å². The molecule has 8 heteroatoms. The number of likely N-dealkylation sites (tertiary alicyclic amines) is 1. The number of rotatable bonds is 4. The van der Waals surface area contributed by atoms with Crippen molar-refractivity contribution in [2.24, 2.45) is 0 Å². The van der Waals surface area contributed by atoms with Gasteiger partial charge in [-0.25, -0.2) is 4.79 Å². The number of nitrogens with zero attached hydrogens (tertiary/aromatic N) is 4. The summed E-state index contributed by atoms with van der Waals surface area (Å²) in [5.74, 6) is 1.65. The van der Waals surface area contributed by atoms with E-state index < -0.39 is 0 Å². The van der Waals surface area contributed by atoms with Crippen molar-refractivity contribution in [1.29, 1.82) is 0 Å². The highest BCUT2D eigenvalue weighted by molar-refractivity contribution is 6.30. The van der Waals surface area contributed by atoms with E-state index in [0.717, 1.165) is 46.6 Å². The summed E-state index contributed by atoms with van der Waals surface area (Å²) in [5.41, 5.74) is 2.94. The van der Waals surface area contributed by atoms with E-state index in [1.807, 2.05) is 66.6 Å². The van der Waals surface area contributed by atoms with E-state index in [0.29, 0.717) is 18.1 Å². The zero-order chi connectivity index (χ0) is 21.4. The van der Waals surface area contributed by atoms with Gasteiger partial charge in [-0.15, -0.1) is 10.2 Å². The van der Waals surface area contributed by atoms with Gasteiger partial charge in [-0.2, -0.15) is 0 Å². The SMILES string of the molecule is Cc1nnc(C2CCCN2C(=O)Nc2ccc3[nH]ccc3c2)n1Cc1ccc(Cl)cc1. The first kappa shape index (κ1) is 19.6. The van der Waals surface area contributed by atoms with Crippen LogP contribution in [0.4, 0.5) is 10.5 Å². The molecule has 1 aliphatic heterocycles. The lowest BCUT2D eigenvalue weighted by Gasteiger charge is -2.25. The van der Waals surface area contributed by atoms with Gasteiger partial charge in [0, 0.05) is 34.4 Å². The van der Waals surface area contributed by atoms with Crippen molar-refractivity contribution in [3.8, 4) is 0 Å². The molecule has 31 heavy (non-hydrogen) atoms. The number of nitrogens with one attached hydrogen (secondary N) is 2. The molecule has 5 rings (SSSR count). The highest BCUT2D eigenvalue weighted by Gasteiger charge is 2.34. The fourth-order valence-electron chi connectivity index (χ4n) is 4.22. The second-order valence-corrected chi connectivity index (χ2v) is 8.32. The maximum absolute atomic E-state index is 13.1. The third-order valence-electron chi connectivity index (χ3n) is 5.83. The van der Waals surface area contributed by atoms with Crippen LogP contribution in [0.5, 0.6) is 0 Å². The van der Waals surface area contributed by atoms with E-state index in [9.17, 15) is 4.79 Å². The number of benzene rings is 2. The van der Waals surface area contributed by atoms with E-state index in [1.165, 1.54) is 0 Å². The van der Waals surface area contributed by atoms with Crippen LogP contribution in [0.3, 0.4) is 0 Å². The largest absolute Gasteiger partial charge is 0.361 e. The van der Waals surface area contributed by atoms with Crippen LogP contribution in [0.2, 0.25) is 5.02 Å². The summed E-state index contributed by atoms with van der Waals surface area (Å²) in [6, 6.07) is 15.4. The molecule has 1 unspecified atom stereocenters. The number of aromatic amines is 1. The molecule has 0 radical (unpaired) electrons. The summed E-state index contributed by atoms with van der Waals surface area (Å²) >= 11 is 6.02. The minimum atomic E-state index is -0.115. The summed E-state index contributed by atoms with van der Waals surface area (Å²) < 4.78 is 2.09. The maximum atomic E-state index is 13.1. The number of carbonyl (C=O) groups excluding carboxylic acids is 1. The number of hydrogen-bond acceptors (Lipinski definition) is 3. The molecule has 3 heterocycles. The Morgan fingerprint density at radius 2 is 2.03 bits per heavy atom. The van der Waals surface area contributed by atoms with Crippen LogP contribution >= 0.6 is 11.6 Å². The predicted octanol–water partition coefficient (Wildman–Crippen LogP) is 5.14. The first-order chi connectivity index (χ1) is 15.1. The van der Waals surface area contributed by atoms with Gasteiger partial charge < -0.3 is 19.8 Å². The molecule has 1 atom stereocenters. The average Bonchev–Trinajstić information content (AvgIpc) is 3.50. The molecular weight excluding hydrogens is 412 g/mol. The number of carbonyl (C=O) groups is 1. The number of hydrogen-bond donors (Lipinski definition) is 2. The van der Waals surface area contributed by atoms with Crippen molar-refractivity contribution in [2.75, 3.05) is 11.9 Å². The van der Waals surface area contributed by atoms with Gasteiger partial charge in [0.2, 0.25) is 0 Å².